The molecule has 1 N–H and O–H groups in total. The lowest BCUT2D eigenvalue weighted by atomic mass is 9.98. The fraction of sp³-hybridized carbons (Fsp3) is 0.214. The Balaban J connectivity index is 1.72. The summed E-state index contributed by atoms with van der Waals surface area (Å²) in [6.45, 7) is 4.21. The number of nitrogens with zero attached hydrogens (tertiary/aromatic N) is 3. The maximum atomic E-state index is 13.5. The average molecular weight is 516 g/mol. The first kappa shape index (κ1) is 24.5. The molecule has 1 fully saturated rings. The van der Waals surface area contributed by atoms with E-state index >= 15 is 0 Å². The van der Waals surface area contributed by atoms with Crippen LogP contribution in [0.1, 0.15) is 42.6 Å². The van der Waals surface area contributed by atoms with Gasteiger partial charge in [-0.2, -0.15) is 0 Å². The molecule has 1 aliphatic rings. The van der Waals surface area contributed by atoms with E-state index in [1.165, 1.54) is 30.5 Å². The largest absolute Gasteiger partial charge is 0.507 e. The highest BCUT2D eigenvalue weighted by molar-refractivity contribution is 7.22. The van der Waals surface area contributed by atoms with Crippen LogP contribution in [-0.2, 0) is 9.59 Å². The van der Waals surface area contributed by atoms with Crippen molar-refractivity contribution in [3.63, 3.8) is 0 Å². The summed E-state index contributed by atoms with van der Waals surface area (Å²) in [7, 11) is 2.95. The molecule has 1 amide bonds. The number of ether oxygens (including phenoxy) is 2. The predicted octanol–water partition coefficient (Wildman–Crippen LogP) is 5.46. The Morgan fingerprint density at radius 1 is 1.05 bits per heavy atom. The molecular formula is C28H25N3O5S. The maximum absolute atomic E-state index is 13.5. The lowest BCUT2D eigenvalue weighted by molar-refractivity contribution is -0.132. The molecule has 0 radical (unpaired) electrons. The van der Waals surface area contributed by atoms with Crippen LogP contribution in [-0.4, -0.2) is 41.0 Å². The number of benzene rings is 2. The van der Waals surface area contributed by atoms with Gasteiger partial charge in [0, 0.05) is 6.20 Å². The number of hydrogen-bond donors (Lipinski definition) is 1. The summed E-state index contributed by atoms with van der Waals surface area (Å²) in [6.07, 6.45) is 1.58. The third-order valence-corrected chi connectivity index (χ3v) is 7.37. The normalized spacial score (nSPS) is 17.1. The van der Waals surface area contributed by atoms with Gasteiger partial charge in [-0.25, -0.2) is 4.98 Å². The fourth-order valence-electron chi connectivity index (χ4n) is 4.38. The summed E-state index contributed by atoms with van der Waals surface area (Å²) < 4.78 is 11.6. The van der Waals surface area contributed by atoms with Gasteiger partial charge in [-0.1, -0.05) is 37.3 Å². The number of Topliss-reactive ketones (excluding diaryl/α,β-unsaturated/α-hetero) is 1. The van der Waals surface area contributed by atoms with Crippen molar-refractivity contribution < 1.29 is 24.2 Å². The molecule has 0 saturated carbocycles. The molecule has 8 nitrogen and oxygen atoms in total. The van der Waals surface area contributed by atoms with Crippen molar-refractivity contribution in [2.75, 3.05) is 19.1 Å². The van der Waals surface area contributed by atoms with E-state index in [0.29, 0.717) is 28.2 Å². The van der Waals surface area contributed by atoms with Crippen LogP contribution in [0, 0.1) is 0 Å². The van der Waals surface area contributed by atoms with E-state index in [-0.39, 0.29) is 16.9 Å². The molecule has 37 heavy (non-hydrogen) atoms. The molecule has 4 aromatic rings. The lowest BCUT2D eigenvalue weighted by Crippen LogP contribution is -2.29. The van der Waals surface area contributed by atoms with Crippen LogP contribution in [0.5, 0.6) is 11.5 Å². The summed E-state index contributed by atoms with van der Waals surface area (Å²) in [5, 5.41) is 11.8. The van der Waals surface area contributed by atoms with Gasteiger partial charge in [0.1, 0.15) is 23.3 Å². The predicted molar refractivity (Wildman–Crippen MR) is 142 cm³/mol. The van der Waals surface area contributed by atoms with Crippen LogP contribution in [0.25, 0.3) is 16.0 Å². The van der Waals surface area contributed by atoms with Crippen LogP contribution in [0.2, 0.25) is 0 Å². The third kappa shape index (κ3) is 4.21. The topological polar surface area (TPSA) is 102 Å². The monoisotopic (exact) mass is 515 g/mol. The van der Waals surface area contributed by atoms with Crippen molar-refractivity contribution in [2.24, 2.45) is 0 Å². The molecule has 5 rings (SSSR count). The second-order valence-corrected chi connectivity index (χ2v) is 9.88. The van der Waals surface area contributed by atoms with Gasteiger partial charge >= 0.3 is 5.91 Å². The number of rotatable bonds is 6. The van der Waals surface area contributed by atoms with Crippen LogP contribution in [0.15, 0.2) is 66.4 Å². The number of fused-ring (bicyclic) bond motifs is 1. The summed E-state index contributed by atoms with van der Waals surface area (Å²) in [5.41, 5.74) is 2.42. The van der Waals surface area contributed by atoms with Gasteiger partial charge in [-0.3, -0.25) is 19.5 Å². The Hall–Kier alpha value is -4.24. The van der Waals surface area contributed by atoms with Gasteiger partial charge in [-0.05, 0) is 53.9 Å². The van der Waals surface area contributed by atoms with Gasteiger partial charge in [0.15, 0.2) is 5.13 Å². The van der Waals surface area contributed by atoms with Crippen LogP contribution in [0.4, 0.5) is 5.13 Å². The first-order valence-corrected chi connectivity index (χ1v) is 12.5. The smallest absolute Gasteiger partial charge is 0.301 e. The molecule has 2 aromatic carbocycles. The molecule has 9 heteroatoms. The minimum Gasteiger partial charge on any atom is -0.507 e. The first-order chi connectivity index (χ1) is 17.8. The quantitative estimate of drug-likeness (QED) is 0.207. The minimum absolute atomic E-state index is 0.0996. The van der Waals surface area contributed by atoms with Crippen molar-refractivity contribution in [1.29, 1.82) is 0 Å². The van der Waals surface area contributed by atoms with Crippen LogP contribution < -0.4 is 14.4 Å². The highest BCUT2D eigenvalue weighted by Gasteiger charge is 2.49. The SMILES string of the molecule is COc1ccc(OC)c(/C(O)=C2\C(=O)C(=O)N(c3nc4ccc(C(C)C)cc4s3)C2c2ccccn2)c1. The molecule has 188 valence electrons. The number of aliphatic hydroxyl groups is 1. The Bertz CT molecular complexity index is 1540. The number of pyridine rings is 1. The van der Waals surface area contributed by atoms with Gasteiger partial charge in [0.2, 0.25) is 0 Å². The molecular weight excluding hydrogens is 490 g/mol. The zero-order valence-electron chi connectivity index (χ0n) is 20.8. The number of aromatic nitrogens is 2. The number of carbonyl (C=O) groups is 2. The van der Waals surface area contributed by atoms with Gasteiger partial charge in [0.05, 0.1) is 41.3 Å². The van der Waals surface area contributed by atoms with Gasteiger partial charge in [0.25, 0.3) is 5.78 Å². The molecule has 1 aliphatic heterocycles. The number of aliphatic hydroxyl groups excluding tert-OH is 1. The van der Waals surface area contributed by atoms with E-state index in [1.807, 2.05) is 12.1 Å². The van der Waals surface area contributed by atoms with Crippen molar-refractivity contribution in [3.05, 3.63) is 83.2 Å². The molecule has 3 heterocycles. The Morgan fingerprint density at radius 2 is 1.86 bits per heavy atom. The van der Waals surface area contributed by atoms with Crippen molar-refractivity contribution >= 4 is 44.1 Å². The summed E-state index contributed by atoms with van der Waals surface area (Å²) >= 11 is 1.32. The van der Waals surface area contributed by atoms with Gasteiger partial charge < -0.3 is 14.6 Å². The van der Waals surface area contributed by atoms with Gasteiger partial charge in [-0.15, -0.1) is 0 Å². The second-order valence-electron chi connectivity index (χ2n) is 8.87. The first-order valence-electron chi connectivity index (χ1n) is 11.7. The highest BCUT2D eigenvalue weighted by Crippen LogP contribution is 2.45. The minimum atomic E-state index is -0.984. The third-order valence-electron chi connectivity index (χ3n) is 6.35. The number of methoxy groups -OCH3 is 2. The van der Waals surface area contributed by atoms with Crippen LogP contribution in [0.3, 0.4) is 0 Å². The van der Waals surface area contributed by atoms with E-state index in [0.717, 1.165) is 15.8 Å². The molecule has 2 aromatic heterocycles. The standard InChI is InChI=1S/C28H25N3O5S/c1-15(2)16-8-10-19-22(13-16)37-28(30-19)31-24(20-7-5-6-12-29-20)23(26(33)27(31)34)25(32)18-14-17(35-3)9-11-21(18)36-4/h5-15,24,32H,1-4H3/b25-23+. The van der Waals surface area contributed by atoms with Crippen molar-refractivity contribution in [1.82, 2.24) is 9.97 Å². The number of carbonyl (C=O) groups excluding carboxylic acids is 2. The Morgan fingerprint density at radius 3 is 2.54 bits per heavy atom. The van der Waals surface area contributed by atoms with E-state index < -0.39 is 17.7 Å². The molecule has 1 saturated heterocycles. The van der Waals surface area contributed by atoms with E-state index in [2.05, 4.69) is 29.9 Å². The van der Waals surface area contributed by atoms with E-state index in [4.69, 9.17) is 9.47 Å². The number of thiazole rings is 1. The molecule has 0 aliphatic carbocycles. The molecule has 1 unspecified atom stereocenters. The number of ketones is 1. The molecule has 1 atom stereocenters. The summed E-state index contributed by atoms with van der Waals surface area (Å²) in [5.74, 6) is -0.892. The zero-order chi connectivity index (χ0) is 26.3. The molecule has 0 spiro atoms. The highest BCUT2D eigenvalue weighted by atomic mass is 32.1. The second kappa shape index (κ2) is 9.67. The number of hydrogen-bond acceptors (Lipinski definition) is 8. The number of anilines is 1. The summed E-state index contributed by atoms with van der Waals surface area (Å²) in [6, 6.07) is 15.1. The summed E-state index contributed by atoms with van der Waals surface area (Å²) in [4.78, 5) is 37.4. The fourth-order valence-corrected chi connectivity index (χ4v) is 5.42. The Kier molecular flexibility index (Phi) is 6.39. The van der Waals surface area contributed by atoms with Crippen molar-refractivity contribution in [3.8, 4) is 11.5 Å². The average Bonchev–Trinajstić information content (AvgIpc) is 3.45. The van der Waals surface area contributed by atoms with E-state index in [1.54, 1.807) is 42.6 Å². The Labute approximate surface area is 217 Å². The van der Waals surface area contributed by atoms with Crippen LogP contribution >= 0.6 is 11.3 Å². The van der Waals surface area contributed by atoms with E-state index in [9.17, 15) is 14.7 Å². The van der Waals surface area contributed by atoms with Crippen molar-refractivity contribution in [2.45, 2.75) is 25.8 Å². The molecule has 0 bridgehead atoms. The number of amides is 1. The zero-order valence-corrected chi connectivity index (χ0v) is 21.6. The maximum Gasteiger partial charge on any atom is 0.301 e. The lowest BCUT2D eigenvalue weighted by Gasteiger charge is -2.22.